The smallest absolute Gasteiger partial charge is 0.312 e. The number of hydrogen-bond acceptors (Lipinski definition) is 3. The van der Waals surface area contributed by atoms with E-state index in [0.29, 0.717) is 0 Å². The van der Waals surface area contributed by atoms with Gasteiger partial charge in [-0.3, -0.25) is 0 Å². The normalized spacial score (nSPS) is 11.6. The maximum Gasteiger partial charge on any atom is 0.409 e. The molecule has 0 aromatic rings. The van der Waals surface area contributed by atoms with Crippen LogP contribution in [0.3, 0.4) is 0 Å². The van der Waals surface area contributed by atoms with E-state index in [4.69, 9.17) is 24.4 Å². The van der Waals surface area contributed by atoms with Crippen LogP contribution in [0.1, 0.15) is 0 Å². The Kier molecular flexibility index (Phi) is 5.82. The van der Waals surface area contributed by atoms with Crippen molar-refractivity contribution in [2.24, 2.45) is 0 Å². The van der Waals surface area contributed by atoms with Crippen LogP contribution in [0, 0.1) is 0 Å². The Bertz CT molecular complexity index is 169. The summed E-state index contributed by atoms with van der Waals surface area (Å²) in [6.07, 6.45) is 0. The molecule has 0 aromatic heterocycles. The molecule has 5 N–H and O–H groups in total. The van der Waals surface area contributed by atoms with Crippen LogP contribution in [0.2, 0.25) is 0 Å². The van der Waals surface area contributed by atoms with E-state index in [0.717, 1.165) is 4.86 Å². The van der Waals surface area contributed by atoms with Gasteiger partial charge in [-0.15, -0.1) is 4.86 Å². The highest BCUT2D eigenvalue weighted by atomic mass is 31.3. The van der Waals surface area contributed by atoms with Gasteiger partial charge < -0.3 is 24.4 Å². The minimum atomic E-state index is -4.80. The first-order valence-corrected chi connectivity index (χ1v) is 5.13. The molecule has 0 unspecified atom stereocenters. The maximum atomic E-state index is 9.74. The summed E-state index contributed by atoms with van der Waals surface area (Å²) in [6.45, 7) is 2.00. The molecule has 0 atom stereocenters. The molecule has 11 heavy (non-hydrogen) atoms. The molecule has 0 aromatic carbocycles. The molecule has 0 fully saturated rings. The summed E-state index contributed by atoms with van der Waals surface area (Å²) in [5.41, 5.74) is 0. The molecule has 0 radical (unpaired) electrons. The Hall–Kier alpha value is -0.0700. The van der Waals surface area contributed by atoms with E-state index >= 15 is 0 Å². The van der Waals surface area contributed by atoms with Gasteiger partial charge in [0.15, 0.2) is 0 Å². The van der Waals surface area contributed by atoms with Crippen LogP contribution < -0.4 is 4.86 Å². The van der Waals surface area contributed by atoms with Crippen LogP contribution in [-0.4, -0.2) is 26.4 Å². The highest BCUT2D eigenvalue weighted by Gasteiger charge is 2.24. The largest absolute Gasteiger partial charge is 0.409 e. The van der Waals surface area contributed by atoms with Crippen molar-refractivity contribution in [3.8, 4) is 0 Å². The SMILES string of the molecule is C=O.O=P(O)(O)NP(=O)(O)O. The zero-order valence-corrected chi connectivity index (χ0v) is 6.90. The minimum absolute atomic E-state index is 0.792. The molecule has 0 rings (SSSR count). The van der Waals surface area contributed by atoms with Crippen LogP contribution in [0.5, 0.6) is 0 Å². The second-order valence-corrected chi connectivity index (χ2v) is 4.16. The third-order valence-corrected chi connectivity index (χ3v) is 2.34. The average molecular weight is 207 g/mol. The van der Waals surface area contributed by atoms with Gasteiger partial charge in [0.1, 0.15) is 6.79 Å². The van der Waals surface area contributed by atoms with Crippen molar-refractivity contribution in [3.63, 3.8) is 0 Å². The molecule has 0 bridgehead atoms. The molecular weight excluding hydrogens is 200 g/mol. The summed E-state index contributed by atoms with van der Waals surface area (Å²) < 4.78 is 19.5. The van der Waals surface area contributed by atoms with Crippen LogP contribution in [-0.2, 0) is 13.9 Å². The van der Waals surface area contributed by atoms with E-state index in [9.17, 15) is 9.13 Å². The van der Waals surface area contributed by atoms with E-state index in [-0.39, 0.29) is 0 Å². The molecule has 8 nitrogen and oxygen atoms in total. The van der Waals surface area contributed by atoms with Crippen molar-refractivity contribution in [1.29, 1.82) is 0 Å². The van der Waals surface area contributed by atoms with Gasteiger partial charge >= 0.3 is 15.5 Å². The monoisotopic (exact) mass is 207 g/mol. The van der Waals surface area contributed by atoms with E-state index in [1.165, 1.54) is 0 Å². The van der Waals surface area contributed by atoms with E-state index in [1.807, 2.05) is 6.79 Å². The van der Waals surface area contributed by atoms with Gasteiger partial charge in [0.2, 0.25) is 0 Å². The van der Waals surface area contributed by atoms with Crippen LogP contribution in [0.25, 0.3) is 0 Å². The zero-order chi connectivity index (χ0) is 9.71. The van der Waals surface area contributed by atoms with Crippen LogP contribution in [0.15, 0.2) is 0 Å². The highest BCUT2D eigenvalue weighted by Crippen LogP contribution is 2.43. The maximum absolute atomic E-state index is 9.74. The lowest BCUT2D eigenvalue weighted by molar-refractivity contribution is -0.0980. The summed E-state index contributed by atoms with van der Waals surface area (Å²) in [4.78, 5) is 40.2. The fourth-order valence-electron chi connectivity index (χ4n) is 0.170. The van der Waals surface area contributed by atoms with Crippen molar-refractivity contribution in [3.05, 3.63) is 0 Å². The van der Waals surface area contributed by atoms with Gasteiger partial charge in [-0.25, -0.2) is 9.13 Å². The lowest BCUT2D eigenvalue weighted by Gasteiger charge is -2.05. The zero-order valence-electron chi connectivity index (χ0n) is 5.12. The molecule has 0 amide bonds. The molecule has 0 saturated heterocycles. The third kappa shape index (κ3) is 17.8. The molecular formula is CH7NO7P2. The molecule has 0 spiro atoms. The van der Waals surface area contributed by atoms with E-state index in [1.54, 1.807) is 0 Å². The van der Waals surface area contributed by atoms with Gasteiger partial charge in [-0.05, 0) is 0 Å². The standard InChI is InChI=1S/CH2O.H5NO6P2/c1-2;2-8(3,4)1-9(5,6)7/h1H2;(H5,1,2,3,4,5,6,7). The molecule has 0 aliphatic carbocycles. The predicted molar refractivity (Wildman–Crippen MR) is 34.3 cm³/mol. The summed E-state index contributed by atoms with van der Waals surface area (Å²) in [5, 5.41) is 0. The van der Waals surface area contributed by atoms with Crippen LogP contribution >= 0.6 is 15.5 Å². The number of nitrogens with one attached hydrogen (secondary N) is 1. The molecule has 0 aliphatic rings. The Balaban J connectivity index is 0. The molecule has 10 heteroatoms. The highest BCUT2D eigenvalue weighted by molar-refractivity contribution is 7.65. The first kappa shape index (κ1) is 13.5. The van der Waals surface area contributed by atoms with Gasteiger partial charge in [0.25, 0.3) is 0 Å². The quantitative estimate of drug-likeness (QED) is 0.347. The molecule has 0 heterocycles. The second-order valence-electron chi connectivity index (χ2n) is 1.19. The van der Waals surface area contributed by atoms with Crippen molar-refractivity contribution in [2.75, 3.05) is 0 Å². The number of rotatable bonds is 2. The van der Waals surface area contributed by atoms with Gasteiger partial charge in [0.05, 0.1) is 0 Å². The third-order valence-electron chi connectivity index (χ3n) is 0.261. The number of carbonyl (C=O) groups is 1. The van der Waals surface area contributed by atoms with E-state index in [2.05, 4.69) is 0 Å². The predicted octanol–water partition coefficient (Wildman–Crippen LogP) is -1.42. The summed E-state index contributed by atoms with van der Waals surface area (Å²) in [5.74, 6) is 0. The minimum Gasteiger partial charge on any atom is -0.312 e. The lowest BCUT2D eigenvalue weighted by Crippen LogP contribution is -2.04. The van der Waals surface area contributed by atoms with Crippen molar-refractivity contribution >= 4 is 22.3 Å². The van der Waals surface area contributed by atoms with Crippen molar-refractivity contribution in [1.82, 2.24) is 4.86 Å². The summed E-state index contributed by atoms with van der Waals surface area (Å²) in [6, 6.07) is 0. The Labute approximate surface area is 61.7 Å². The topological polar surface area (TPSA) is 144 Å². The molecule has 0 aliphatic heterocycles. The Morgan fingerprint density at radius 2 is 1.09 bits per heavy atom. The molecule has 0 saturated carbocycles. The summed E-state index contributed by atoms with van der Waals surface area (Å²) >= 11 is 0. The van der Waals surface area contributed by atoms with Gasteiger partial charge in [-0.2, -0.15) is 0 Å². The Morgan fingerprint density at radius 1 is 0.909 bits per heavy atom. The fourth-order valence-corrected chi connectivity index (χ4v) is 1.53. The van der Waals surface area contributed by atoms with Crippen molar-refractivity contribution < 1.29 is 33.5 Å². The molecule has 68 valence electrons. The van der Waals surface area contributed by atoms with Crippen molar-refractivity contribution in [2.45, 2.75) is 0 Å². The first-order valence-electron chi connectivity index (χ1n) is 1.90. The second kappa shape index (κ2) is 4.74. The number of carbonyl (C=O) groups excluding carboxylic acids is 1. The fraction of sp³-hybridized carbons (Fsp3) is 0. The van der Waals surface area contributed by atoms with E-state index < -0.39 is 15.5 Å². The van der Waals surface area contributed by atoms with Crippen LogP contribution in [0.4, 0.5) is 0 Å². The lowest BCUT2D eigenvalue weighted by atomic mass is 11.9. The average Bonchev–Trinajstić information content (AvgIpc) is 1.60. The van der Waals surface area contributed by atoms with Gasteiger partial charge in [-0.1, -0.05) is 0 Å². The van der Waals surface area contributed by atoms with Gasteiger partial charge in [0, 0.05) is 0 Å². The summed E-state index contributed by atoms with van der Waals surface area (Å²) in [7, 11) is -9.60. The Morgan fingerprint density at radius 3 is 1.09 bits per heavy atom. The number of hydrogen-bond donors (Lipinski definition) is 5. The first-order chi connectivity index (χ1) is 4.71.